The highest BCUT2D eigenvalue weighted by molar-refractivity contribution is 6.39. The smallest absolute Gasteiger partial charge is 0.171 e. The maximum Gasteiger partial charge on any atom is 0.391 e. The van der Waals surface area contributed by atoms with Crippen LogP contribution in [0.4, 0.5) is 26.3 Å². The zero-order chi connectivity index (χ0) is 14.0. The molecule has 0 aliphatic heterocycles. The van der Waals surface area contributed by atoms with Gasteiger partial charge in [0.25, 0.3) is 0 Å². The minimum Gasteiger partial charge on any atom is -0.171 e. The van der Waals surface area contributed by atoms with Crippen LogP contribution in [0.25, 0.3) is 0 Å². The van der Waals surface area contributed by atoms with Crippen LogP contribution in [0.2, 0.25) is 11.6 Å². The number of rotatable bonds is 4. The summed E-state index contributed by atoms with van der Waals surface area (Å²) in [7, 11) is 1.14. The third-order valence-corrected chi connectivity index (χ3v) is 3.22. The van der Waals surface area contributed by atoms with Crippen molar-refractivity contribution in [1.29, 1.82) is 0 Å². The summed E-state index contributed by atoms with van der Waals surface area (Å²) in [6, 6.07) is 0. The molecule has 0 bridgehead atoms. The van der Waals surface area contributed by atoms with Gasteiger partial charge in [-0.3, -0.25) is 0 Å². The van der Waals surface area contributed by atoms with Crippen molar-refractivity contribution >= 4 is 7.28 Å². The van der Waals surface area contributed by atoms with Crippen molar-refractivity contribution in [3.05, 3.63) is 0 Å². The first-order valence-electron chi connectivity index (χ1n) is 5.35. The lowest BCUT2D eigenvalue weighted by molar-refractivity contribution is -0.172. The molecule has 0 saturated heterocycles. The normalized spacial score (nSPS) is 20.6. The predicted molar refractivity (Wildman–Crippen MR) is 55.0 cm³/mol. The fourth-order valence-electron chi connectivity index (χ4n) is 1.41. The average molecular weight is 261 g/mol. The van der Waals surface area contributed by atoms with Crippen LogP contribution >= 0.6 is 0 Å². The molecule has 0 amide bonds. The Labute approximate surface area is 98.0 Å². The quantitative estimate of drug-likeness (QED) is 0.508. The molecule has 101 valence electrons. The number of hydrogen-bond acceptors (Lipinski definition) is 0. The maximum absolute atomic E-state index is 12.3. The van der Waals surface area contributed by atoms with Gasteiger partial charge in [0.05, 0.1) is 0 Å². The van der Waals surface area contributed by atoms with Gasteiger partial charge >= 0.3 is 12.4 Å². The Hall–Kier alpha value is -0.355. The number of alkyl halides is 6. The summed E-state index contributed by atoms with van der Waals surface area (Å²) in [5.41, 5.74) is 0. The summed E-state index contributed by atoms with van der Waals surface area (Å²) in [5, 5.41) is 0. The summed E-state index contributed by atoms with van der Waals surface area (Å²) >= 11 is 0. The van der Waals surface area contributed by atoms with E-state index in [0.717, 1.165) is 21.1 Å². The Bertz CT molecular complexity index is 210. The largest absolute Gasteiger partial charge is 0.391 e. The SMILES string of the molecule is CC([B]C(C)C(C)C(F)(F)F)C(C)C(F)(F)F. The molecule has 0 heterocycles. The molecule has 7 heteroatoms. The van der Waals surface area contributed by atoms with Crippen molar-refractivity contribution in [3.8, 4) is 0 Å². The number of halogens is 6. The van der Waals surface area contributed by atoms with Gasteiger partial charge in [0.1, 0.15) is 7.28 Å². The van der Waals surface area contributed by atoms with E-state index in [1.54, 1.807) is 0 Å². The Morgan fingerprint density at radius 3 is 1.06 bits per heavy atom. The third-order valence-electron chi connectivity index (χ3n) is 3.22. The van der Waals surface area contributed by atoms with E-state index in [-0.39, 0.29) is 0 Å². The molecule has 0 aliphatic carbocycles. The summed E-state index contributed by atoms with van der Waals surface area (Å²) in [4.78, 5) is 0. The van der Waals surface area contributed by atoms with Crippen molar-refractivity contribution in [2.24, 2.45) is 11.8 Å². The highest BCUT2D eigenvalue weighted by Crippen LogP contribution is 2.40. The van der Waals surface area contributed by atoms with E-state index in [2.05, 4.69) is 0 Å². The van der Waals surface area contributed by atoms with Crippen LogP contribution in [0.1, 0.15) is 27.7 Å². The lowest BCUT2D eigenvalue weighted by Crippen LogP contribution is -2.31. The first kappa shape index (κ1) is 16.6. The predicted octanol–water partition coefficient (Wildman–Crippen LogP) is 4.70. The fraction of sp³-hybridized carbons (Fsp3) is 1.00. The summed E-state index contributed by atoms with van der Waals surface area (Å²) in [6.07, 6.45) is -8.76. The molecule has 4 unspecified atom stereocenters. The van der Waals surface area contributed by atoms with E-state index < -0.39 is 35.8 Å². The van der Waals surface area contributed by atoms with E-state index in [1.807, 2.05) is 0 Å². The van der Waals surface area contributed by atoms with Crippen molar-refractivity contribution in [2.75, 3.05) is 0 Å². The molecule has 0 aromatic rings. The fourth-order valence-corrected chi connectivity index (χ4v) is 1.41. The van der Waals surface area contributed by atoms with Gasteiger partial charge in [-0.05, 0) is 0 Å². The molecule has 0 aromatic carbocycles. The van der Waals surface area contributed by atoms with Crippen LogP contribution in [0.3, 0.4) is 0 Å². The summed E-state index contributed by atoms with van der Waals surface area (Å²) in [6.45, 7) is 4.54. The van der Waals surface area contributed by atoms with Crippen LogP contribution in [0.15, 0.2) is 0 Å². The van der Waals surface area contributed by atoms with Gasteiger partial charge in [0.2, 0.25) is 0 Å². The van der Waals surface area contributed by atoms with Gasteiger partial charge in [-0.2, -0.15) is 26.3 Å². The van der Waals surface area contributed by atoms with E-state index in [0.29, 0.717) is 0 Å². The van der Waals surface area contributed by atoms with Crippen molar-refractivity contribution in [1.82, 2.24) is 0 Å². The lowest BCUT2D eigenvalue weighted by atomic mass is 9.50. The van der Waals surface area contributed by atoms with Crippen LogP contribution in [-0.4, -0.2) is 19.6 Å². The third kappa shape index (κ3) is 5.21. The zero-order valence-electron chi connectivity index (χ0n) is 10.2. The Balaban J connectivity index is 4.45. The zero-order valence-corrected chi connectivity index (χ0v) is 10.2. The van der Waals surface area contributed by atoms with E-state index in [4.69, 9.17) is 0 Å². The molecule has 0 rings (SSSR count). The number of hydrogen-bond donors (Lipinski definition) is 0. The minimum atomic E-state index is -4.38. The van der Waals surface area contributed by atoms with Gasteiger partial charge in [-0.25, -0.2) is 0 Å². The van der Waals surface area contributed by atoms with Crippen molar-refractivity contribution in [2.45, 2.75) is 51.7 Å². The second kappa shape index (κ2) is 5.52. The standard InChI is InChI=1S/C10H16BF6/c1-5(9(12,13)14)7(3)11-8(4)6(2)10(15,16)17/h5-8H,1-4H3. The molecule has 0 nitrogen and oxygen atoms in total. The molecule has 4 atom stereocenters. The second-order valence-electron chi connectivity index (χ2n) is 4.57. The molecule has 0 aliphatic rings. The maximum atomic E-state index is 12.3. The highest BCUT2D eigenvalue weighted by Gasteiger charge is 2.43. The molecule has 1 radical (unpaired) electrons. The minimum absolute atomic E-state index is 0.935. The van der Waals surface area contributed by atoms with E-state index in [9.17, 15) is 26.3 Å². The van der Waals surface area contributed by atoms with Gasteiger partial charge in [0.15, 0.2) is 0 Å². The first-order chi connectivity index (χ1) is 7.37. The van der Waals surface area contributed by atoms with Gasteiger partial charge < -0.3 is 0 Å². The van der Waals surface area contributed by atoms with Crippen LogP contribution in [0.5, 0.6) is 0 Å². The summed E-state index contributed by atoms with van der Waals surface area (Å²) in [5.74, 6) is -5.14. The average Bonchev–Trinajstić information content (AvgIpc) is 2.12. The van der Waals surface area contributed by atoms with E-state index in [1.165, 1.54) is 13.8 Å². The first-order valence-corrected chi connectivity index (χ1v) is 5.35. The highest BCUT2D eigenvalue weighted by atomic mass is 19.4. The van der Waals surface area contributed by atoms with Gasteiger partial charge in [0, 0.05) is 11.8 Å². The topological polar surface area (TPSA) is 0 Å². The molecule has 0 aromatic heterocycles. The van der Waals surface area contributed by atoms with Gasteiger partial charge in [-0.1, -0.05) is 39.3 Å². The Morgan fingerprint density at radius 1 is 0.647 bits per heavy atom. The van der Waals surface area contributed by atoms with Crippen molar-refractivity contribution in [3.63, 3.8) is 0 Å². The molecule has 0 saturated carbocycles. The molecular formula is C10H16BF6. The molecule has 17 heavy (non-hydrogen) atoms. The van der Waals surface area contributed by atoms with Gasteiger partial charge in [-0.15, -0.1) is 0 Å². The second-order valence-corrected chi connectivity index (χ2v) is 4.57. The molecule has 0 N–H and O–H groups in total. The molecular weight excluding hydrogens is 245 g/mol. The molecule has 0 spiro atoms. The van der Waals surface area contributed by atoms with Crippen LogP contribution in [0, 0.1) is 11.8 Å². The summed E-state index contributed by atoms with van der Waals surface area (Å²) < 4.78 is 74.1. The van der Waals surface area contributed by atoms with E-state index >= 15 is 0 Å². The van der Waals surface area contributed by atoms with Crippen molar-refractivity contribution < 1.29 is 26.3 Å². The Kier molecular flexibility index (Phi) is 5.41. The van der Waals surface area contributed by atoms with Crippen LogP contribution < -0.4 is 0 Å². The Morgan fingerprint density at radius 2 is 0.882 bits per heavy atom. The lowest BCUT2D eigenvalue weighted by Gasteiger charge is -2.28. The monoisotopic (exact) mass is 261 g/mol. The van der Waals surface area contributed by atoms with Crippen LogP contribution in [-0.2, 0) is 0 Å². The molecule has 0 fully saturated rings.